The van der Waals surface area contributed by atoms with Gasteiger partial charge in [-0.15, -0.1) is 0 Å². The molecule has 0 N–H and O–H groups in total. The summed E-state index contributed by atoms with van der Waals surface area (Å²) in [5.74, 6) is 0. The van der Waals surface area contributed by atoms with Crippen LogP contribution in [0.3, 0.4) is 0 Å². The Labute approximate surface area is 146 Å². The van der Waals surface area contributed by atoms with Crippen molar-refractivity contribution >= 4 is 25.5 Å². The quantitative estimate of drug-likeness (QED) is 0.301. The van der Waals surface area contributed by atoms with Gasteiger partial charge in [0.05, 0.1) is 0 Å². The summed E-state index contributed by atoms with van der Waals surface area (Å²) < 4.78 is 18.5. The van der Waals surface area contributed by atoms with E-state index in [4.69, 9.17) is 13.6 Å². The van der Waals surface area contributed by atoms with Crippen molar-refractivity contribution in [3.63, 3.8) is 0 Å². The Balaban J connectivity index is 2.11. The van der Waals surface area contributed by atoms with E-state index in [2.05, 4.69) is 39.0 Å². The smallest absolute Gasteiger partial charge is 0.373 e. The highest BCUT2D eigenvalue weighted by atomic mass is 32.2. The third kappa shape index (κ3) is 5.33. The van der Waals surface area contributed by atoms with Crippen molar-refractivity contribution in [3.05, 3.63) is 18.2 Å². The summed E-state index contributed by atoms with van der Waals surface area (Å²) in [5.41, 5.74) is 0. The summed E-state index contributed by atoms with van der Waals surface area (Å²) in [7, 11) is -2.37. The summed E-state index contributed by atoms with van der Waals surface area (Å²) in [6.45, 7) is 9.67. The van der Waals surface area contributed by atoms with Crippen LogP contribution in [0.5, 0.6) is 0 Å². The molecule has 0 aliphatic carbocycles. The largest absolute Gasteiger partial charge is 0.391 e. The maximum atomic E-state index is 6.44. The maximum absolute atomic E-state index is 6.44. The van der Waals surface area contributed by atoms with Gasteiger partial charge in [-0.25, -0.2) is 0 Å². The SMILES string of the molecule is CCCOCCC[Si](OCCC)(OCCC)c1cccc2c1S2. The summed E-state index contributed by atoms with van der Waals surface area (Å²) in [4.78, 5) is 2.79. The van der Waals surface area contributed by atoms with Gasteiger partial charge in [0.25, 0.3) is 0 Å². The van der Waals surface area contributed by atoms with Crippen LogP contribution >= 0.6 is 11.8 Å². The first kappa shape index (κ1) is 19.0. The van der Waals surface area contributed by atoms with Crippen molar-refractivity contribution in [2.45, 2.75) is 62.3 Å². The molecule has 1 heterocycles. The predicted molar refractivity (Wildman–Crippen MR) is 99.0 cm³/mol. The van der Waals surface area contributed by atoms with Gasteiger partial charge >= 0.3 is 8.56 Å². The number of benzene rings is 1. The van der Waals surface area contributed by atoms with E-state index in [0.29, 0.717) is 0 Å². The molecular weight excluding hydrogens is 324 g/mol. The normalized spacial score (nSPS) is 13.2. The molecule has 1 aliphatic heterocycles. The molecule has 2 rings (SSSR count). The van der Waals surface area contributed by atoms with Crippen LogP contribution in [0.25, 0.3) is 0 Å². The van der Waals surface area contributed by atoms with Gasteiger partial charge in [0.2, 0.25) is 0 Å². The highest BCUT2D eigenvalue weighted by Gasteiger charge is 2.44. The molecule has 0 unspecified atom stereocenters. The molecule has 1 aromatic carbocycles. The molecule has 0 fully saturated rings. The Hall–Kier alpha value is -0.333. The monoisotopic (exact) mass is 354 g/mol. The lowest BCUT2D eigenvalue weighted by Crippen LogP contribution is -2.54. The molecule has 1 aromatic rings. The van der Waals surface area contributed by atoms with Crippen LogP contribution in [0.2, 0.25) is 6.04 Å². The van der Waals surface area contributed by atoms with Gasteiger partial charge in [-0.3, -0.25) is 0 Å². The molecule has 0 aromatic heterocycles. The zero-order valence-corrected chi connectivity index (χ0v) is 16.5. The fourth-order valence-electron chi connectivity index (χ4n) is 2.65. The van der Waals surface area contributed by atoms with Crippen molar-refractivity contribution in [2.75, 3.05) is 26.4 Å². The van der Waals surface area contributed by atoms with E-state index in [1.54, 1.807) is 0 Å². The average Bonchev–Trinajstić information content (AvgIpc) is 3.36. The van der Waals surface area contributed by atoms with Crippen LogP contribution in [0.15, 0.2) is 28.0 Å². The van der Waals surface area contributed by atoms with Crippen molar-refractivity contribution in [3.8, 4) is 0 Å². The molecule has 0 spiro atoms. The molecular formula is C18H30O3SSi. The fraction of sp³-hybridized carbons (Fsp3) is 0.667. The summed E-state index contributed by atoms with van der Waals surface area (Å²) in [5, 5.41) is 1.34. The Morgan fingerprint density at radius 1 is 0.913 bits per heavy atom. The zero-order valence-electron chi connectivity index (χ0n) is 14.7. The summed E-state index contributed by atoms with van der Waals surface area (Å²) in [6, 6.07) is 7.54. The Bertz CT molecular complexity index is 473. The maximum Gasteiger partial charge on any atom is 0.373 e. The van der Waals surface area contributed by atoms with Gasteiger partial charge in [-0.05, 0) is 37.8 Å². The minimum Gasteiger partial charge on any atom is -0.391 e. The van der Waals surface area contributed by atoms with Gasteiger partial charge in [-0.1, -0.05) is 44.7 Å². The molecule has 0 saturated carbocycles. The molecule has 1 aliphatic rings. The second-order valence-corrected chi connectivity index (χ2v) is 10.1. The van der Waals surface area contributed by atoms with Gasteiger partial charge < -0.3 is 13.6 Å². The molecule has 0 radical (unpaired) electrons. The van der Waals surface area contributed by atoms with Crippen molar-refractivity contribution < 1.29 is 13.6 Å². The second-order valence-electron chi connectivity index (χ2n) is 5.90. The van der Waals surface area contributed by atoms with Crippen LogP contribution in [-0.2, 0) is 13.6 Å². The van der Waals surface area contributed by atoms with E-state index in [0.717, 1.165) is 58.2 Å². The first-order valence-electron chi connectivity index (χ1n) is 8.94. The molecule has 0 amide bonds. The summed E-state index contributed by atoms with van der Waals surface area (Å²) in [6.07, 6.45) is 4.13. The van der Waals surface area contributed by atoms with Crippen LogP contribution in [0.1, 0.15) is 46.5 Å². The third-order valence-corrected chi connectivity index (χ3v) is 8.55. The van der Waals surface area contributed by atoms with Crippen LogP contribution in [0, 0.1) is 0 Å². The Kier molecular flexibility index (Phi) is 8.13. The molecule has 0 atom stereocenters. The van der Waals surface area contributed by atoms with Crippen molar-refractivity contribution in [1.29, 1.82) is 0 Å². The summed E-state index contributed by atoms with van der Waals surface area (Å²) >= 11 is 1.87. The van der Waals surface area contributed by atoms with Crippen LogP contribution < -0.4 is 5.19 Å². The molecule has 23 heavy (non-hydrogen) atoms. The van der Waals surface area contributed by atoms with E-state index < -0.39 is 8.56 Å². The van der Waals surface area contributed by atoms with Crippen molar-refractivity contribution in [2.24, 2.45) is 0 Å². The fourth-order valence-corrected chi connectivity index (χ4v) is 7.49. The number of hydrogen-bond donors (Lipinski definition) is 0. The lowest BCUT2D eigenvalue weighted by molar-refractivity contribution is 0.129. The van der Waals surface area contributed by atoms with E-state index in [-0.39, 0.29) is 0 Å². The Morgan fingerprint density at radius 3 is 2.26 bits per heavy atom. The van der Waals surface area contributed by atoms with Gasteiger partial charge in [-0.2, -0.15) is 0 Å². The van der Waals surface area contributed by atoms with Crippen LogP contribution in [0.4, 0.5) is 0 Å². The van der Waals surface area contributed by atoms with Crippen molar-refractivity contribution in [1.82, 2.24) is 0 Å². The first-order valence-corrected chi connectivity index (χ1v) is 11.8. The molecule has 0 saturated heterocycles. The van der Waals surface area contributed by atoms with E-state index in [9.17, 15) is 0 Å². The second kappa shape index (κ2) is 9.84. The van der Waals surface area contributed by atoms with E-state index in [1.807, 2.05) is 11.8 Å². The number of rotatable bonds is 13. The predicted octanol–water partition coefficient (Wildman–Crippen LogP) is 4.47. The first-order chi connectivity index (χ1) is 11.3. The number of fused-ring (bicyclic) bond motifs is 1. The van der Waals surface area contributed by atoms with Gasteiger partial charge in [0.15, 0.2) is 0 Å². The minimum absolute atomic E-state index is 0.778. The van der Waals surface area contributed by atoms with E-state index in [1.165, 1.54) is 15.0 Å². The third-order valence-electron chi connectivity index (χ3n) is 3.78. The van der Waals surface area contributed by atoms with E-state index >= 15 is 0 Å². The van der Waals surface area contributed by atoms with Crippen LogP contribution in [-0.4, -0.2) is 35.0 Å². The molecule has 0 bridgehead atoms. The molecule has 130 valence electrons. The topological polar surface area (TPSA) is 27.7 Å². The number of hydrogen-bond acceptors (Lipinski definition) is 4. The standard InChI is InChI=1S/C18H30O3SSi/c1-4-11-19-14-8-15-23(20-12-5-2,21-13-6-3)17-10-7-9-16-18(17)22-16/h7,9-10H,4-6,8,11-15H2,1-3H3. The molecule has 5 heteroatoms. The highest BCUT2D eigenvalue weighted by molar-refractivity contribution is 8.05. The lowest BCUT2D eigenvalue weighted by atomic mass is 10.4. The number of ether oxygens (including phenoxy) is 1. The minimum atomic E-state index is -2.37. The lowest BCUT2D eigenvalue weighted by Gasteiger charge is -2.31. The highest BCUT2D eigenvalue weighted by Crippen LogP contribution is 2.47. The zero-order chi connectivity index (χ0) is 16.5. The Morgan fingerprint density at radius 2 is 1.61 bits per heavy atom. The van der Waals surface area contributed by atoms with Gasteiger partial charge in [0.1, 0.15) is 0 Å². The average molecular weight is 355 g/mol. The van der Waals surface area contributed by atoms with Gasteiger partial charge in [0, 0.05) is 41.4 Å². The molecule has 3 nitrogen and oxygen atoms in total.